The topological polar surface area (TPSA) is 60.5 Å². The number of rotatable bonds is 10. The summed E-state index contributed by atoms with van der Waals surface area (Å²) in [6.07, 6.45) is 3.97. The first-order chi connectivity index (χ1) is 19.7. The SMILES string of the molecule is O=C1OCC(Cc2ccc(OCc3ccccc3)cc2)N1CCC1CCN(CC2COc3ccccc3O2)CC1. The largest absolute Gasteiger partial charge is 0.489 e. The van der Waals surface area contributed by atoms with E-state index in [1.807, 2.05) is 59.5 Å². The van der Waals surface area contributed by atoms with Gasteiger partial charge in [0.05, 0.1) is 6.04 Å². The molecule has 0 bridgehead atoms. The van der Waals surface area contributed by atoms with Crippen LogP contribution in [-0.2, 0) is 17.8 Å². The summed E-state index contributed by atoms with van der Waals surface area (Å²) >= 11 is 0. The molecule has 0 spiro atoms. The smallest absolute Gasteiger partial charge is 0.410 e. The first-order valence-electron chi connectivity index (χ1n) is 14.5. The standard InChI is InChI=1S/C33H38N2O5/c36-33-35(28(23-39-33)20-26-10-12-29(13-11-26)37-22-27-6-2-1-3-7-27)19-16-25-14-17-34(18-15-25)21-30-24-38-31-8-4-5-9-32(31)40-30/h1-13,25,28,30H,14-24H2. The third-order valence-electron chi connectivity index (χ3n) is 8.23. The van der Waals surface area contributed by atoms with E-state index in [1.165, 1.54) is 5.56 Å². The van der Waals surface area contributed by atoms with Crippen molar-refractivity contribution in [1.29, 1.82) is 0 Å². The maximum Gasteiger partial charge on any atom is 0.410 e. The number of nitrogens with zero attached hydrogens (tertiary/aromatic N) is 2. The Balaban J connectivity index is 0.929. The van der Waals surface area contributed by atoms with Gasteiger partial charge in [0, 0.05) is 13.1 Å². The van der Waals surface area contributed by atoms with Crippen molar-refractivity contribution in [3.63, 3.8) is 0 Å². The molecule has 0 N–H and O–H groups in total. The molecule has 2 unspecified atom stereocenters. The molecule has 2 saturated heterocycles. The molecule has 2 atom stereocenters. The second-order valence-corrected chi connectivity index (χ2v) is 11.1. The highest BCUT2D eigenvalue weighted by atomic mass is 16.6. The number of benzene rings is 3. The average molecular weight is 543 g/mol. The molecule has 0 aromatic heterocycles. The van der Waals surface area contributed by atoms with Crippen molar-refractivity contribution < 1.29 is 23.7 Å². The van der Waals surface area contributed by atoms with Crippen molar-refractivity contribution in [2.75, 3.05) is 39.4 Å². The van der Waals surface area contributed by atoms with Gasteiger partial charge < -0.3 is 23.8 Å². The van der Waals surface area contributed by atoms with E-state index in [0.29, 0.717) is 25.7 Å². The van der Waals surface area contributed by atoms with E-state index < -0.39 is 0 Å². The molecule has 0 aliphatic carbocycles. The van der Waals surface area contributed by atoms with Crippen LogP contribution in [0.3, 0.4) is 0 Å². The Kier molecular flexibility index (Phi) is 8.38. The number of amides is 1. The predicted molar refractivity (Wildman–Crippen MR) is 153 cm³/mol. The van der Waals surface area contributed by atoms with Gasteiger partial charge in [-0.25, -0.2) is 4.79 Å². The summed E-state index contributed by atoms with van der Waals surface area (Å²) in [5.74, 6) is 3.15. The van der Waals surface area contributed by atoms with E-state index in [2.05, 4.69) is 29.2 Å². The minimum absolute atomic E-state index is 0.0658. The highest BCUT2D eigenvalue weighted by molar-refractivity contribution is 5.70. The molecule has 3 heterocycles. The third kappa shape index (κ3) is 6.70. The molecule has 3 aromatic carbocycles. The average Bonchev–Trinajstić information content (AvgIpc) is 3.35. The van der Waals surface area contributed by atoms with Crippen LogP contribution in [0.25, 0.3) is 0 Å². The van der Waals surface area contributed by atoms with E-state index in [-0.39, 0.29) is 18.2 Å². The number of hydrogen-bond acceptors (Lipinski definition) is 6. The van der Waals surface area contributed by atoms with E-state index in [0.717, 1.165) is 74.7 Å². The minimum Gasteiger partial charge on any atom is -0.489 e. The second-order valence-electron chi connectivity index (χ2n) is 11.1. The lowest BCUT2D eigenvalue weighted by molar-refractivity contribution is 0.0466. The molecule has 210 valence electrons. The quantitative estimate of drug-likeness (QED) is 0.334. The number of ether oxygens (including phenoxy) is 4. The van der Waals surface area contributed by atoms with Crippen molar-refractivity contribution in [3.05, 3.63) is 90.0 Å². The van der Waals surface area contributed by atoms with Gasteiger partial charge in [0.15, 0.2) is 11.5 Å². The zero-order chi connectivity index (χ0) is 27.1. The number of carbonyl (C=O) groups excluding carboxylic acids is 1. The summed E-state index contributed by atoms with van der Waals surface area (Å²) in [6.45, 7) is 5.35. The zero-order valence-corrected chi connectivity index (χ0v) is 23.0. The summed E-state index contributed by atoms with van der Waals surface area (Å²) in [5.41, 5.74) is 2.33. The summed E-state index contributed by atoms with van der Waals surface area (Å²) in [5, 5.41) is 0. The number of cyclic esters (lactones) is 1. The Morgan fingerprint density at radius 1 is 0.800 bits per heavy atom. The molecule has 2 fully saturated rings. The highest BCUT2D eigenvalue weighted by Gasteiger charge is 2.34. The number of carbonyl (C=O) groups is 1. The van der Waals surface area contributed by atoms with Gasteiger partial charge in [0.2, 0.25) is 0 Å². The lowest BCUT2D eigenvalue weighted by Gasteiger charge is -2.36. The summed E-state index contributed by atoms with van der Waals surface area (Å²) in [7, 11) is 0. The van der Waals surface area contributed by atoms with Crippen LogP contribution in [0, 0.1) is 5.92 Å². The number of para-hydroxylation sites is 2. The van der Waals surface area contributed by atoms with Crippen molar-refractivity contribution in [3.8, 4) is 17.2 Å². The number of piperidine rings is 1. The molecule has 0 radical (unpaired) electrons. The number of fused-ring (bicyclic) bond motifs is 1. The van der Waals surface area contributed by atoms with Gasteiger partial charge in [0.25, 0.3) is 0 Å². The lowest BCUT2D eigenvalue weighted by atomic mass is 9.93. The summed E-state index contributed by atoms with van der Waals surface area (Å²) < 4.78 is 23.4. The molecular formula is C33H38N2O5. The Labute approximate surface area is 236 Å². The molecule has 3 aliphatic rings. The van der Waals surface area contributed by atoms with Crippen LogP contribution in [0.4, 0.5) is 4.79 Å². The Morgan fingerprint density at radius 3 is 2.35 bits per heavy atom. The van der Waals surface area contributed by atoms with Crippen molar-refractivity contribution in [2.24, 2.45) is 5.92 Å². The predicted octanol–water partition coefficient (Wildman–Crippen LogP) is 5.57. The van der Waals surface area contributed by atoms with Crippen molar-refractivity contribution in [1.82, 2.24) is 9.80 Å². The van der Waals surface area contributed by atoms with Crippen molar-refractivity contribution >= 4 is 6.09 Å². The molecule has 7 heteroatoms. The van der Waals surface area contributed by atoms with Crippen LogP contribution in [0.15, 0.2) is 78.9 Å². The fraction of sp³-hybridized carbons (Fsp3) is 0.424. The first kappa shape index (κ1) is 26.5. The van der Waals surface area contributed by atoms with Crippen LogP contribution in [0.5, 0.6) is 17.2 Å². The van der Waals surface area contributed by atoms with E-state index >= 15 is 0 Å². The fourth-order valence-corrected chi connectivity index (χ4v) is 5.89. The van der Waals surface area contributed by atoms with E-state index in [1.54, 1.807) is 0 Å². The van der Waals surface area contributed by atoms with E-state index in [4.69, 9.17) is 18.9 Å². The van der Waals surface area contributed by atoms with Gasteiger partial charge >= 0.3 is 6.09 Å². The molecule has 3 aliphatic heterocycles. The van der Waals surface area contributed by atoms with Gasteiger partial charge in [-0.05, 0) is 80.1 Å². The molecule has 3 aromatic rings. The van der Waals surface area contributed by atoms with Crippen molar-refractivity contribution in [2.45, 2.75) is 44.4 Å². The number of hydrogen-bond donors (Lipinski definition) is 0. The van der Waals surface area contributed by atoms with Gasteiger partial charge in [0.1, 0.15) is 31.7 Å². The Hall–Kier alpha value is -3.71. The lowest BCUT2D eigenvalue weighted by Crippen LogP contribution is -2.44. The van der Waals surface area contributed by atoms with Crippen LogP contribution >= 0.6 is 0 Å². The minimum atomic E-state index is -0.181. The summed E-state index contributed by atoms with van der Waals surface area (Å²) in [4.78, 5) is 17.0. The van der Waals surface area contributed by atoms with Gasteiger partial charge in [-0.3, -0.25) is 4.90 Å². The molecule has 0 saturated carbocycles. The van der Waals surface area contributed by atoms with Crippen LogP contribution in [0.2, 0.25) is 0 Å². The summed E-state index contributed by atoms with van der Waals surface area (Å²) in [6, 6.07) is 26.3. The normalized spacial score (nSPS) is 21.3. The van der Waals surface area contributed by atoms with Gasteiger partial charge in [-0.2, -0.15) is 0 Å². The molecule has 6 rings (SSSR count). The highest BCUT2D eigenvalue weighted by Crippen LogP contribution is 2.32. The third-order valence-corrected chi connectivity index (χ3v) is 8.23. The Bertz CT molecular complexity index is 1240. The van der Waals surface area contributed by atoms with Crippen LogP contribution < -0.4 is 14.2 Å². The first-order valence-corrected chi connectivity index (χ1v) is 14.5. The van der Waals surface area contributed by atoms with Crippen LogP contribution in [0.1, 0.15) is 30.4 Å². The maximum absolute atomic E-state index is 12.5. The molecular weight excluding hydrogens is 504 g/mol. The van der Waals surface area contributed by atoms with E-state index in [9.17, 15) is 4.79 Å². The van der Waals surface area contributed by atoms with Gasteiger partial charge in [-0.1, -0.05) is 54.6 Å². The zero-order valence-electron chi connectivity index (χ0n) is 23.0. The monoisotopic (exact) mass is 542 g/mol. The number of likely N-dealkylation sites (tertiary alicyclic amines) is 1. The molecule has 1 amide bonds. The molecule has 7 nitrogen and oxygen atoms in total. The van der Waals surface area contributed by atoms with Gasteiger partial charge in [-0.15, -0.1) is 0 Å². The fourth-order valence-electron chi connectivity index (χ4n) is 5.89. The molecule has 40 heavy (non-hydrogen) atoms. The maximum atomic E-state index is 12.5. The second kappa shape index (κ2) is 12.6. The van der Waals surface area contributed by atoms with Crippen LogP contribution in [-0.4, -0.2) is 67.4 Å². The Morgan fingerprint density at radius 2 is 1.55 bits per heavy atom.